The molecule has 0 spiro atoms. The SMILES string of the molecule is CCOC(=O)N[C@H]1CC[C@@H]2[C@@H](C1)C[C@@H]1C(=O)O[C@H](C)[C@H]1[C@@H]2C=Cc1ccc(-c2cccc(F)c2)cn1. The number of allylic oxidation sites excluding steroid dienone is 1. The van der Waals surface area contributed by atoms with Crippen LogP contribution < -0.4 is 5.32 Å². The maximum Gasteiger partial charge on any atom is 0.407 e. The standard InChI is InChI=1S/C29H33FN2O4/c1-3-35-29(34)32-23-10-11-24-20(14-23)15-26-27(17(2)36-28(26)33)25(24)12-9-22-8-7-19(16-31-22)18-5-4-6-21(30)13-18/h4-9,12-13,16-17,20,23-27H,3,10-11,14-15H2,1-2H3,(H,32,34)/t17-,20+,23+,24-,25-,26+,27+/m1/s1. The molecular formula is C29H33FN2O4. The fraction of sp³-hybridized carbons (Fsp3) is 0.483. The Morgan fingerprint density at radius 3 is 2.83 bits per heavy atom. The number of aromatic nitrogens is 1. The van der Waals surface area contributed by atoms with Crippen molar-refractivity contribution in [3.05, 3.63) is 60.2 Å². The minimum absolute atomic E-state index is 0.0679. The van der Waals surface area contributed by atoms with Crippen molar-refractivity contribution in [1.82, 2.24) is 10.3 Å². The highest BCUT2D eigenvalue weighted by atomic mass is 19.1. The highest BCUT2D eigenvalue weighted by Gasteiger charge is 2.54. The molecule has 1 aromatic heterocycles. The Morgan fingerprint density at radius 2 is 2.08 bits per heavy atom. The topological polar surface area (TPSA) is 77.5 Å². The first-order valence-corrected chi connectivity index (χ1v) is 13.0. The van der Waals surface area contributed by atoms with Crippen LogP contribution in [0.3, 0.4) is 0 Å². The number of halogens is 1. The highest BCUT2D eigenvalue weighted by molar-refractivity contribution is 5.75. The Kier molecular flexibility index (Phi) is 7.08. The summed E-state index contributed by atoms with van der Waals surface area (Å²) in [5.74, 6) is 0.629. The quantitative estimate of drug-likeness (QED) is 0.548. The number of esters is 1. The first-order chi connectivity index (χ1) is 17.4. The molecule has 7 heteroatoms. The van der Waals surface area contributed by atoms with Crippen LogP contribution in [-0.2, 0) is 14.3 Å². The number of hydrogen-bond acceptors (Lipinski definition) is 5. The van der Waals surface area contributed by atoms with E-state index in [4.69, 9.17) is 9.47 Å². The van der Waals surface area contributed by atoms with Crippen molar-refractivity contribution in [3.8, 4) is 11.1 Å². The van der Waals surface area contributed by atoms with Crippen LogP contribution in [0.5, 0.6) is 0 Å². The van der Waals surface area contributed by atoms with Gasteiger partial charge in [0.15, 0.2) is 0 Å². The van der Waals surface area contributed by atoms with E-state index in [1.807, 2.05) is 31.2 Å². The van der Waals surface area contributed by atoms with Crippen molar-refractivity contribution in [2.75, 3.05) is 6.61 Å². The summed E-state index contributed by atoms with van der Waals surface area (Å²) >= 11 is 0. The van der Waals surface area contributed by atoms with Gasteiger partial charge in [0.2, 0.25) is 0 Å². The monoisotopic (exact) mass is 492 g/mol. The normalized spacial score (nSPS) is 31.4. The number of carbonyl (C=O) groups excluding carboxylic acids is 2. The zero-order valence-electron chi connectivity index (χ0n) is 20.7. The van der Waals surface area contributed by atoms with E-state index < -0.39 is 0 Å². The molecule has 2 saturated carbocycles. The lowest BCUT2D eigenvalue weighted by molar-refractivity contribution is -0.144. The molecule has 3 fully saturated rings. The molecule has 1 amide bonds. The molecule has 5 rings (SSSR count). The molecule has 1 N–H and O–H groups in total. The summed E-state index contributed by atoms with van der Waals surface area (Å²) in [6.07, 6.45) is 9.07. The van der Waals surface area contributed by atoms with Crippen molar-refractivity contribution in [1.29, 1.82) is 0 Å². The second-order valence-electron chi connectivity index (χ2n) is 10.3. The summed E-state index contributed by atoms with van der Waals surface area (Å²) in [6.45, 7) is 4.15. The van der Waals surface area contributed by atoms with Gasteiger partial charge in [0, 0.05) is 23.7 Å². The Bertz CT molecular complexity index is 1130. The molecule has 7 atom stereocenters. The maximum absolute atomic E-state index is 13.6. The predicted octanol–water partition coefficient (Wildman–Crippen LogP) is 5.63. The van der Waals surface area contributed by atoms with Gasteiger partial charge in [-0.25, -0.2) is 9.18 Å². The predicted molar refractivity (Wildman–Crippen MR) is 134 cm³/mol. The largest absolute Gasteiger partial charge is 0.462 e. The number of ether oxygens (including phenoxy) is 2. The second-order valence-corrected chi connectivity index (χ2v) is 10.3. The van der Waals surface area contributed by atoms with E-state index in [0.29, 0.717) is 18.4 Å². The van der Waals surface area contributed by atoms with Gasteiger partial charge in [-0.2, -0.15) is 0 Å². The van der Waals surface area contributed by atoms with Gasteiger partial charge in [-0.3, -0.25) is 9.78 Å². The van der Waals surface area contributed by atoms with E-state index in [2.05, 4.69) is 16.4 Å². The highest BCUT2D eigenvalue weighted by Crippen LogP contribution is 2.53. The van der Waals surface area contributed by atoms with Crippen LogP contribution in [0.2, 0.25) is 0 Å². The molecule has 0 radical (unpaired) electrons. The lowest BCUT2D eigenvalue weighted by Crippen LogP contribution is -2.48. The molecule has 2 aliphatic carbocycles. The molecule has 1 aromatic carbocycles. The molecule has 0 unspecified atom stereocenters. The molecule has 3 aliphatic rings. The first-order valence-electron chi connectivity index (χ1n) is 13.0. The van der Waals surface area contributed by atoms with Gasteiger partial charge in [0.1, 0.15) is 11.9 Å². The summed E-state index contributed by atoms with van der Waals surface area (Å²) in [6, 6.07) is 10.4. The van der Waals surface area contributed by atoms with Crippen molar-refractivity contribution < 1.29 is 23.5 Å². The van der Waals surface area contributed by atoms with Gasteiger partial charge < -0.3 is 14.8 Å². The molecule has 2 heterocycles. The lowest BCUT2D eigenvalue weighted by Gasteiger charge is -2.47. The Balaban J connectivity index is 1.34. The zero-order chi connectivity index (χ0) is 25.2. The van der Waals surface area contributed by atoms with Crippen LogP contribution in [0.25, 0.3) is 17.2 Å². The number of amides is 1. The molecule has 1 saturated heterocycles. The Morgan fingerprint density at radius 1 is 1.22 bits per heavy atom. The van der Waals surface area contributed by atoms with Gasteiger partial charge in [-0.1, -0.05) is 24.3 Å². The second kappa shape index (κ2) is 10.4. The van der Waals surface area contributed by atoms with E-state index >= 15 is 0 Å². The zero-order valence-corrected chi connectivity index (χ0v) is 20.7. The minimum Gasteiger partial charge on any atom is -0.462 e. The Labute approximate surface area is 211 Å². The summed E-state index contributed by atoms with van der Waals surface area (Å²) < 4.78 is 24.3. The number of benzene rings is 1. The lowest BCUT2D eigenvalue weighted by atomic mass is 9.57. The van der Waals surface area contributed by atoms with E-state index in [0.717, 1.165) is 42.5 Å². The van der Waals surface area contributed by atoms with Gasteiger partial charge in [0.05, 0.1) is 18.2 Å². The number of rotatable bonds is 5. The fourth-order valence-electron chi connectivity index (χ4n) is 6.64. The van der Waals surface area contributed by atoms with Gasteiger partial charge in [-0.15, -0.1) is 0 Å². The van der Waals surface area contributed by atoms with Gasteiger partial charge >= 0.3 is 12.1 Å². The van der Waals surface area contributed by atoms with Crippen molar-refractivity contribution in [2.45, 2.75) is 51.7 Å². The third-order valence-electron chi connectivity index (χ3n) is 8.18. The van der Waals surface area contributed by atoms with E-state index in [9.17, 15) is 14.0 Å². The third kappa shape index (κ3) is 5.01. The summed E-state index contributed by atoms with van der Waals surface area (Å²) in [7, 11) is 0. The van der Waals surface area contributed by atoms with Crippen LogP contribution in [0.4, 0.5) is 9.18 Å². The maximum atomic E-state index is 13.6. The molecule has 1 aliphatic heterocycles. The fourth-order valence-corrected chi connectivity index (χ4v) is 6.64. The van der Waals surface area contributed by atoms with Crippen LogP contribution in [-0.4, -0.2) is 35.8 Å². The molecule has 0 bridgehead atoms. The summed E-state index contributed by atoms with van der Waals surface area (Å²) in [5, 5.41) is 3.00. The minimum atomic E-state index is -0.368. The summed E-state index contributed by atoms with van der Waals surface area (Å²) in [4.78, 5) is 29.2. The van der Waals surface area contributed by atoms with Crippen molar-refractivity contribution in [3.63, 3.8) is 0 Å². The van der Waals surface area contributed by atoms with Crippen molar-refractivity contribution in [2.24, 2.45) is 29.6 Å². The van der Waals surface area contributed by atoms with E-state index in [1.165, 1.54) is 12.1 Å². The smallest absolute Gasteiger partial charge is 0.407 e. The van der Waals surface area contributed by atoms with Crippen LogP contribution in [0.1, 0.15) is 45.2 Å². The average molecular weight is 493 g/mol. The molecule has 36 heavy (non-hydrogen) atoms. The molecule has 190 valence electrons. The number of nitrogens with zero attached hydrogens (tertiary/aromatic N) is 1. The molecule has 2 aromatic rings. The average Bonchev–Trinajstić information content (AvgIpc) is 3.15. The number of alkyl carbamates (subject to hydrolysis) is 1. The third-order valence-corrected chi connectivity index (χ3v) is 8.18. The van der Waals surface area contributed by atoms with Crippen LogP contribution >= 0.6 is 0 Å². The van der Waals surface area contributed by atoms with E-state index in [-0.39, 0.29) is 47.8 Å². The first kappa shape index (κ1) is 24.5. The molecular weight excluding hydrogens is 459 g/mol. The van der Waals surface area contributed by atoms with Gasteiger partial charge in [0.25, 0.3) is 0 Å². The van der Waals surface area contributed by atoms with E-state index in [1.54, 1.807) is 19.2 Å². The number of cyclic esters (lactones) is 1. The molecule has 6 nitrogen and oxygen atoms in total. The number of carbonyl (C=O) groups is 2. The van der Waals surface area contributed by atoms with Gasteiger partial charge in [-0.05, 0) is 87.1 Å². The summed E-state index contributed by atoms with van der Waals surface area (Å²) in [5.41, 5.74) is 2.48. The number of fused-ring (bicyclic) bond motifs is 2. The number of pyridine rings is 1. The van der Waals surface area contributed by atoms with Crippen molar-refractivity contribution >= 4 is 18.1 Å². The number of hydrogen-bond donors (Lipinski definition) is 1. The Hall–Kier alpha value is -3.22. The number of nitrogens with one attached hydrogen (secondary N) is 1. The van der Waals surface area contributed by atoms with Crippen LogP contribution in [0.15, 0.2) is 48.7 Å². The van der Waals surface area contributed by atoms with Crippen LogP contribution in [0, 0.1) is 35.4 Å².